The summed E-state index contributed by atoms with van der Waals surface area (Å²) in [4.78, 5) is 0. The van der Waals surface area contributed by atoms with Gasteiger partial charge in [-0.3, -0.25) is 0 Å². The molecule has 3 fully saturated rings. The average Bonchev–Trinajstić information content (AvgIpc) is 3.32. The van der Waals surface area contributed by atoms with Crippen molar-refractivity contribution in [2.45, 2.75) is 151 Å². The molecular formula is C31H60. The van der Waals surface area contributed by atoms with Gasteiger partial charge in [0.25, 0.3) is 0 Å². The predicted octanol–water partition coefficient (Wildman–Crippen LogP) is 10.7. The van der Waals surface area contributed by atoms with Crippen molar-refractivity contribution in [3.63, 3.8) is 0 Å². The third-order valence-electron chi connectivity index (χ3n) is 9.84. The molecule has 0 aromatic carbocycles. The summed E-state index contributed by atoms with van der Waals surface area (Å²) in [5, 5.41) is 0. The van der Waals surface area contributed by atoms with E-state index in [-0.39, 0.29) is 0 Å². The molecule has 2 unspecified atom stereocenters. The van der Waals surface area contributed by atoms with Crippen molar-refractivity contribution in [2.24, 2.45) is 47.3 Å². The summed E-state index contributed by atoms with van der Waals surface area (Å²) in [6.07, 6.45) is 25.5. The molecule has 0 aromatic heterocycles. The lowest BCUT2D eigenvalue weighted by Crippen LogP contribution is -2.37. The quantitative estimate of drug-likeness (QED) is 0.318. The van der Waals surface area contributed by atoms with E-state index >= 15 is 0 Å². The van der Waals surface area contributed by atoms with Crippen LogP contribution < -0.4 is 0 Å². The summed E-state index contributed by atoms with van der Waals surface area (Å²) in [7, 11) is 0. The fourth-order valence-corrected chi connectivity index (χ4v) is 7.76. The molecule has 0 heteroatoms. The minimum atomic E-state index is 0.909. The molecule has 184 valence electrons. The van der Waals surface area contributed by atoms with Crippen LogP contribution in [-0.2, 0) is 0 Å². The monoisotopic (exact) mass is 432 g/mol. The molecule has 0 radical (unpaired) electrons. The van der Waals surface area contributed by atoms with Crippen molar-refractivity contribution in [3.05, 3.63) is 0 Å². The highest BCUT2D eigenvalue weighted by Gasteiger charge is 2.41. The second-order valence-electron chi connectivity index (χ2n) is 12.3. The molecule has 0 heterocycles. The molecule has 0 nitrogen and oxygen atoms in total. The molecule has 0 N–H and O–H groups in total. The summed E-state index contributed by atoms with van der Waals surface area (Å²) < 4.78 is 0. The zero-order chi connectivity index (χ0) is 22.6. The molecule has 3 saturated carbocycles. The molecule has 0 bridgehead atoms. The van der Waals surface area contributed by atoms with Gasteiger partial charge < -0.3 is 0 Å². The van der Waals surface area contributed by atoms with E-state index in [2.05, 4.69) is 41.5 Å². The third-order valence-corrected chi connectivity index (χ3v) is 9.84. The Morgan fingerprint density at radius 3 is 1.45 bits per heavy atom. The first-order valence-electron chi connectivity index (χ1n) is 15.0. The van der Waals surface area contributed by atoms with Crippen molar-refractivity contribution in [1.29, 1.82) is 0 Å². The number of rotatable bonds is 9. The Morgan fingerprint density at radius 1 is 0.581 bits per heavy atom. The smallest absolute Gasteiger partial charge is 0.0326 e. The summed E-state index contributed by atoms with van der Waals surface area (Å²) >= 11 is 0. The van der Waals surface area contributed by atoms with Gasteiger partial charge in [0.2, 0.25) is 0 Å². The lowest BCUT2D eigenvalue weighted by atomic mass is 9.59. The van der Waals surface area contributed by atoms with Crippen molar-refractivity contribution in [3.8, 4) is 0 Å². The first-order valence-corrected chi connectivity index (χ1v) is 15.0. The van der Waals surface area contributed by atoms with Crippen LogP contribution in [0.2, 0.25) is 0 Å². The van der Waals surface area contributed by atoms with Crippen LogP contribution in [0.15, 0.2) is 0 Å². The normalized spacial score (nSPS) is 31.8. The van der Waals surface area contributed by atoms with E-state index in [1.54, 1.807) is 38.5 Å². The second kappa shape index (κ2) is 15.0. The fraction of sp³-hybridized carbons (Fsp3) is 1.00. The Kier molecular flexibility index (Phi) is 13.2. The van der Waals surface area contributed by atoms with Gasteiger partial charge in [0.1, 0.15) is 0 Å². The molecule has 3 rings (SSSR count). The van der Waals surface area contributed by atoms with E-state index in [4.69, 9.17) is 0 Å². The van der Waals surface area contributed by atoms with E-state index in [1.165, 1.54) is 70.6 Å². The highest BCUT2D eigenvalue weighted by Crippen LogP contribution is 2.51. The molecule has 3 aliphatic rings. The lowest BCUT2D eigenvalue weighted by molar-refractivity contribution is 0.0360. The molecule has 0 aromatic rings. The van der Waals surface area contributed by atoms with Gasteiger partial charge in [-0.2, -0.15) is 0 Å². The topological polar surface area (TPSA) is 0 Å². The molecule has 3 aliphatic carbocycles. The molecule has 0 amide bonds. The summed E-state index contributed by atoms with van der Waals surface area (Å²) in [5.41, 5.74) is 0. The Morgan fingerprint density at radius 2 is 1.03 bits per heavy atom. The van der Waals surface area contributed by atoms with Gasteiger partial charge in [-0.15, -0.1) is 0 Å². The van der Waals surface area contributed by atoms with E-state index in [9.17, 15) is 0 Å². The van der Waals surface area contributed by atoms with Crippen LogP contribution in [0.1, 0.15) is 151 Å². The highest BCUT2D eigenvalue weighted by atomic mass is 14.5. The van der Waals surface area contributed by atoms with Gasteiger partial charge in [0.15, 0.2) is 0 Å². The maximum absolute atomic E-state index is 2.53. The molecule has 31 heavy (non-hydrogen) atoms. The van der Waals surface area contributed by atoms with Gasteiger partial charge in [0, 0.05) is 0 Å². The first kappa shape index (κ1) is 27.2. The van der Waals surface area contributed by atoms with Gasteiger partial charge in [0.05, 0.1) is 0 Å². The van der Waals surface area contributed by atoms with Crippen molar-refractivity contribution in [1.82, 2.24) is 0 Å². The van der Waals surface area contributed by atoms with Crippen LogP contribution in [0.25, 0.3) is 0 Å². The Balaban J connectivity index is 0.000000501. The Bertz CT molecular complexity index is 411. The molecule has 2 atom stereocenters. The zero-order valence-corrected chi connectivity index (χ0v) is 22.6. The lowest BCUT2D eigenvalue weighted by Gasteiger charge is -2.46. The zero-order valence-electron chi connectivity index (χ0n) is 22.6. The maximum Gasteiger partial charge on any atom is -0.0326 e. The predicted molar refractivity (Wildman–Crippen MR) is 140 cm³/mol. The van der Waals surface area contributed by atoms with Crippen LogP contribution in [0.3, 0.4) is 0 Å². The summed E-state index contributed by atoms with van der Waals surface area (Å²) in [6, 6.07) is 0. The Labute approximate surface area is 198 Å². The van der Waals surface area contributed by atoms with E-state index < -0.39 is 0 Å². The van der Waals surface area contributed by atoms with Crippen molar-refractivity contribution >= 4 is 0 Å². The van der Waals surface area contributed by atoms with Gasteiger partial charge >= 0.3 is 0 Å². The van der Waals surface area contributed by atoms with Crippen molar-refractivity contribution < 1.29 is 0 Å². The van der Waals surface area contributed by atoms with Crippen LogP contribution >= 0.6 is 0 Å². The van der Waals surface area contributed by atoms with Gasteiger partial charge in [-0.05, 0) is 85.9 Å². The molecule has 0 saturated heterocycles. The second-order valence-corrected chi connectivity index (χ2v) is 12.3. The highest BCUT2D eigenvalue weighted by molar-refractivity contribution is 4.91. The minimum Gasteiger partial charge on any atom is -0.0654 e. The molecule has 0 aliphatic heterocycles. The Hall–Kier alpha value is 0. The van der Waals surface area contributed by atoms with E-state index in [1.807, 2.05) is 0 Å². The van der Waals surface area contributed by atoms with E-state index in [0.29, 0.717) is 0 Å². The van der Waals surface area contributed by atoms with E-state index in [0.717, 1.165) is 47.3 Å². The SMILES string of the molecule is CCC(C1CCCC1)C(C1CCC(C)CC1)C1CCC(C(C)C)CC1.CCCCCC. The molecular weight excluding hydrogens is 372 g/mol. The van der Waals surface area contributed by atoms with Crippen LogP contribution in [0.4, 0.5) is 0 Å². The van der Waals surface area contributed by atoms with Crippen LogP contribution in [0.5, 0.6) is 0 Å². The van der Waals surface area contributed by atoms with Gasteiger partial charge in [-0.25, -0.2) is 0 Å². The van der Waals surface area contributed by atoms with Crippen LogP contribution in [0, 0.1) is 47.3 Å². The number of unbranched alkanes of at least 4 members (excludes halogenated alkanes) is 3. The maximum atomic E-state index is 2.53. The van der Waals surface area contributed by atoms with Crippen molar-refractivity contribution in [2.75, 3.05) is 0 Å². The number of hydrogen-bond donors (Lipinski definition) is 0. The van der Waals surface area contributed by atoms with Gasteiger partial charge in [-0.1, -0.05) is 112 Å². The minimum absolute atomic E-state index is 0.909. The average molecular weight is 433 g/mol. The van der Waals surface area contributed by atoms with Crippen LogP contribution in [-0.4, -0.2) is 0 Å². The fourth-order valence-electron chi connectivity index (χ4n) is 7.76. The third kappa shape index (κ3) is 8.70. The summed E-state index contributed by atoms with van der Waals surface area (Å²) in [6.45, 7) is 14.4. The first-order chi connectivity index (χ1) is 15.0. The largest absolute Gasteiger partial charge is 0.0654 e. The number of hydrogen-bond acceptors (Lipinski definition) is 0. The standard InChI is InChI=1S/C25H46.C6H14/c1-5-24(21-8-6-7-9-21)25(22-12-10-19(4)11-13-22)23-16-14-20(15-17-23)18(2)3;1-3-5-6-4-2/h18-25H,5-17H2,1-4H3;3-6H2,1-2H3. The summed E-state index contributed by atoms with van der Waals surface area (Å²) in [5.74, 6) is 8.29. The molecule has 0 spiro atoms.